The molecule has 10 nitrogen and oxygen atoms in total. The second kappa shape index (κ2) is 16.8. The SMILES string of the molecule is C[C@@H]1CN([C@H](C)CO)C(=O)c2cc(NS(=O)(=O)c3ccc(Cl)cc3)ccc2O[C@@H](C)CCCCO[C@@H]1CN(C)C(=O)CCC(F)(F)F. The molecule has 15 heteroatoms. The number of halogens is 4. The highest BCUT2D eigenvalue weighted by atomic mass is 35.5. The Bertz CT molecular complexity index is 1460. The Labute approximate surface area is 279 Å². The number of rotatable bonds is 9. The maximum atomic E-state index is 14.2. The lowest BCUT2D eigenvalue weighted by Crippen LogP contribution is -2.48. The number of aliphatic hydroxyl groups is 1. The average Bonchev–Trinajstić information content (AvgIpc) is 3.00. The lowest BCUT2D eigenvalue weighted by Gasteiger charge is -2.36. The van der Waals surface area contributed by atoms with Gasteiger partial charge in [0.1, 0.15) is 5.75 Å². The molecule has 262 valence electrons. The highest BCUT2D eigenvalue weighted by Crippen LogP contribution is 2.30. The van der Waals surface area contributed by atoms with E-state index < -0.39 is 65.5 Å². The molecule has 0 unspecified atom stereocenters. The molecular weight excluding hydrogens is 663 g/mol. The Morgan fingerprint density at radius 1 is 1.17 bits per heavy atom. The molecule has 0 aliphatic carbocycles. The molecule has 2 N–H and O–H groups in total. The van der Waals surface area contributed by atoms with Crippen LogP contribution in [0.5, 0.6) is 5.75 Å². The third-order valence-corrected chi connectivity index (χ3v) is 9.58. The van der Waals surface area contributed by atoms with Crippen molar-refractivity contribution in [2.75, 3.05) is 38.1 Å². The van der Waals surface area contributed by atoms with Crippen molar-refractivity contribution in [3.8, 4) is 5.75 Å². The number of nitrogens with zero attached hydrogens (tertiary/aromatic N) is 2. The maximum absolute atomic E-state index is 14.2. The van der Waals surface area contributed by atoms with E-state index in [1.807, 2.05) is 6.92 Å². The molecule has 1 aliphatic heterocycles. The van der Waals surface area contributed by atoms with Crippen LogP contribution in [0.4, 0.5) is 18.9 Å². The zero-order valence-corrected chi connectivity index (χ0v) is 28.5. The van der Waals surface area contributed by atoms with E-state index in [-0.39, 0.29) is 41.1 Å². The van der Waals surface area contributed by atoms with Crippen molar-refractivity contribution < 1.29 is 45.8 Å². The number of carbonyl (C=O) groups excluding carboxylic acids is 2. The summed E-state index contributed by atoms with van der Waals surface area (Å²) in [6.07, 6.45) is -5.37. The van der Waals surface area contributed by atoms with Crippen molar-refractivity contribution >= 4 is 39.1 Å². The highest BCUT2D eigenvalue weighted by molar-refractivity contribution is 7.92. The number of sulfonamides is 1. The largest absolute Gasteiger partial charge is 0.490 e. The van der Waals surface area contributed by atoms with Crippen LogP contribution in [0.3, 0.4) is 0 Å². The molecule has 0 saturated carbocycles. The van der Waals surface area contributed by atoms with Crippen LogP contribution >= 0.6 is 11.6 Å². The van der Waals surface area contributed by atoms with Gasteiger partial charge in [0.2, 0.25) is 5.91 Å². The van der Waals surface area contributed by atoms with Crippen molar-refractivity contribution in [1.29, 1.82) is 0 Å². The molecule has 4 atom stereocenters. The minimum Gasteiger partial charge on any atom is -0.490 e. The van der Waals surface area contributed by atoms with E-state index in [9.17, 15) is 36.3 Å². The predicted octanol–water partition coefficient (Wildman–Crippen LogP) is 5.74. The van der Waals surface area contributed by atoms with Crippen LogP contribution in [0.15, 0.2) is 47.4 Å². The van der Waals surface area contributed by atoms with Crippen LogP contribution in [0.25, 0.3) is 0 Å². The molecule has 0 fully saturated rings. The van der Waals surface area contributed by atoms with Crippen molar-refractivity contribution in [2.45, 2.75) is 82.2 Å². The smallest absolute Gasteiger partial charge is 0.389 e. The van der Waals surface area contributed by atoms with Gasteiger partial charge in [-0.15, -0.1) is 0 Å². The summed E-state index contributed by atoms with van der Waals surface area (Å²) in [7, 11) is -2.62. The Balaban J connectivity index is 1.95. The first-order valence-electron chi connectivity index (χ1n) is 15.4. The van der Waals surface area contributed by atoms with E-state index in [1.165, 1.54) is 59.3 Å². The topological polar surface area (TPSA) is 125 Å². The molecule has 2 aromatic carbocycles. The van der Waals surface area contributed by atoms with Crippen molar-refractivity contribution in [2.24, 2.45) is 5.92 Å². The standard InChI is InChI=1S/C32H43ClF3N3O7S/c1-21-18-39(22(2)20-40)31(42)27-17-25(37-47(43,44)26-11-8-24(33)9-12-26)10-13-28(27)46-23(3)7-5-6-16-45-29(21)19-38(4)30(41)14-15-32(34,35)36/h8-13,17,21-23,29,37,40H,5-7,14-16,18-20H2,1-4H3/t21-,22-,23+,29-/m1/s1. The summed E-state index contributed by atoms with van der Waals surface area (Å²) in [6, 6.07) is 9.30. The fraction of sp³-hybridized carbons (Fsp3) is 0.562. The molecule has 0 aromatic heterocycles. The first-order chi connectivity index (χ1) is 22.0. The van der Waals surface area contributed by atoms with Crippen molar-refractivity contribution in [3.05, 3.63) is 53.1 Å². The van der Waals surface area contributed by atoms with Gasteiger partial charge in [0.15, 0.2) is 0 Å². The van der Waals surface area contributed by atoms with Crippen LogP contribution in [-0.2, 0) is 19.6 Å². The molecule has 47 heavy (non-hydrogen) atoms. The van der Waals surface area contributed by atoms with Gasteiger partial charge >= 0.3 is 6.18 Å². The van der Waals surface area contributed by atoms with E-state index in [2.05, 4.69) is 4.72 Å². The van der Waals surface area contributed by atoms with E-state index in [0.29, 0.717) is 30.9 Å². The lowest BCUT2D eigenvalue weighted by atomic mass is 10.0. The van der Waals surface area contributed by atoms with E-state index in [1.54, 1.807) is 13.8 Å². The number of benzene rings is 2. The molecule has 1 heterocycles. The van der Waals surface area contributed by atoms with Gasteiger partial charge in [-0.05, 0) is 75.6 Å². The van der Waals surface area contributed by atoms with Crippen LogP contribution in [0.1, 0.15) is 63.2 Å². The predicted molar refractivity (Wildman–Crippen MR) is 172 cm³/mol. The zero-order valence-electron chi connectivity index (χ0n) is 26.9. The van der Waals surface area contributed by atoms with E-state index in [4.69, 9.17) is 21.1 Å². The number of amides is 2. The van der Waals surface area contributed by atoms with E-state index >= 15 is 0 Å². The van der Waals surface area contributed by atoms with Gasteiger partial charge in [-0.3, -0.25) is 14.3 Å². The molecule has 0 bridgehead atoms. The number of carbonyl (C=O) groups is 2. The summed E-state index contributed by atoms with van der Waals surface area (Å²) in [5.41, 5.74) is 0.170. The molecular formula is C32H43ClF3N3O7S. The molecule has 3 rings (SSSR count). The summed E-state index contributed by atoms with van der Waals surface area (Å²) in [5, 5.41) is 10.5. The summed E-state index contributed by atoms with van der Waals surface area (Å²) < 4.78 is 79.2. The van der Waals surface area contributed by atoms with Crippen molar-refractivity contribution in [3.63, 3.8) is 0 Å². The molecule has 0 saturated heterocycles. The molecule has 2 aromatic rings. The third-order valence-electron chi connectivity index (χ3n) is 7.93. The number of likely N-dealkylation sites (N-methyl/N-ethyl adjacent to an activating group) is 1. The number of fused-ring (bicyclic) bond motifs is 1. The van der Waals surface area contributed by atoms with Gasteiger partial charge in [-0.25, -0.2) is 8.42 Å². The first-order valence-corrected chi connectivity index (χ1v) is 17.3. The number of ether oxygens (including phenoxy) is 2. The van der Waals surface area contributed by atoms with Crippen LogP contribution in [0, 0.1) is 5.92 Å². The Hall–Kier alpha value is -3.07. The van der Waals surface area contributed by atoms with Gasteiger partial charge < -0.3 is 24.4 Å². The Morgan fingerprint density at radius 2 is 1.85 bits per heavy atom. The fourth-order valence-electron chi connectivity index (χ4n) is 5.09. The first kappa shape index (κ1) is 38.4. The van der Waals surface area contributed by atoms with Gasteiger partial charge in [-0.1, -0.05) is 18.5 Å². The lowest BCUT2D eigenvalue weighted by molar-refractivity contribution is -0.149. The normalized spacial score (nSPS) is 20.8. The number of hydrogen-bond acceptors (Lipinski definition) is 7. The number of alkyl halides is 3. The molecule has 0 spiro atoms. The number of hydrogen-bond donors (Lipinski definition) is 2. The highest BCUT2D eigenvalue weighted by Gasteiger charge is 2.32. The van der Waals surface area contributed by atoms with Crippen molar-refractivity contribution in [1.82, 2.24) is 9.80 Å². The minimum absolute atomic E-state index is 0.000119. The number of anilines is 1. The number of nitrogens with one attached hydrogen (secondary N) is 1. The zero-order chi connectivity index (χ0) is 34.9. The summed E-state index contributed by atoms with van der Waals surface area (Å²) in [4.78, 5) is 29.3. The quantitative estimate of drug-likeness (QED) is 0.341. The Morgan fingerprint density at radius 3 is 2.49 bits per heavy atom. The summed E-state index contributed by atoms with van der Waals surface area (Å²) >= 11 is 5.91. The van der Waals surface area contributed by atoms with Gasteiger partial charge in [0, 0.05) is 49.8 Å². The second-order valence-corrected chi connectivity index (χ2v) is 14.1. The summed E-state index contributed by atoms with van der Waals surface area (Å²) in [5.74, 6) is -1.41. The monoisotopic (exact) mass is 705 g/mol. The van der Waals surface area contributed by atoms with Crippen LogP contribution in [-0.4, -0.2) is 92.9 Å². The van der Waals surface area contributed by atoms with Crippen LogP contribution < -0.4 is 9.46 Å². The minimum atomic E-state index is -4.46. The van der Waals surface area contributed by atoms with Gasteiger partial charge in [0.25, 0.3) is 15.9 Å². The molecule has 2 amide bonds. The maximum Gasteiger partial charge on any atom is 0.389 e. The number of aliphatic hydroxyl groups excluding tert-OH is 1. The van der Waals surface area contributed by atoms with Gasteiger partial charge in [-0.2, -0.15) is 13.2 Å². The summed E-state index contributed by atoms with van der Waals surface area (Å²) in [6.45, 7) is 5.26. The fourth-order valence-corrected chi connectivity index (χ4v) is 6.26. The third kappa shape index (κ3) is 11.5. The average molecular weight is 706 g/mol. The molecule has 1 aliphatic rings. The van der Waals surface area contributed by atoms with E-state index in [0.717, 1.165) is 0 Å². The second-order valence-electron chi connectivity index (χ2n) is 12.0. The van der Waals surface area contributed by atoms with Gasteiger partial charge in [0.05, 0.1) is 41.7 Å². The Kier molecular flexibility index (Phi) is 13.8. The molecule has 0 radical (unpaired) electrons. The van der Waals surface area contributed by atoms with Crippen LogP contribution in [0.2, 0.25) is 5.02 Å².